The van der Waals surface area contributed by atoms with E-state index in [1.54, 1.807) is 12.3 Å². The first kappa shape index (κ1) is 21.4. The Morgan fingerprint density at radius 1 is 1.28 bits per heavy atom. The molecule has 1 aliphatic rings. The molecule has 1 heterocycles. The van der Waals surface area contributed by atoms with Crippen LogP contribution < -0.4 is 14.8 Å². The summed E-state index contributed by atoms with van der Waals surface area (Å²) in [4.78, 5) is 12.6. The molecule has 1 amide bonds. The van der Waals surface area contributed by atoms with Crippen molar-refractivity contribution in [3.8, 4) is 5.75 Å². The van der Waals surface area contributed by atoms with Gasteiger partial charge in [0.15, 0.2) is 0 Å². The zero-order valence-electron chi connectivity index (χ0n) is 16.8. The average molecular weight is 421 g/mol. The summed E-state index contributed by atoms with van der Waals surface area (Å²) in [5.41, 5.74) is 0.280. The van der Waals surface area contributed by atoms with E-state index in [4.69, 9.17) is 9.15 Å². The smallest absolute Gasteiger partial charge is 0.251 e. The van der Waals surface area contributed by atoms with Gasteiger partial charge in [0.25, 0.3) is 5.91 Å². The molecule has 29 heavy (non-hydrogen) atoms. The van der Waals surface area contributed by atoms with Crippen LogP contribution in [0.5, 0.6) is 5.75 Å². The van der Waals surface area contributed by atoms with Crippen LogP contribution in [-0.4, -0.2) is 33.5 Å². The summed E-state index contributed by atoms with van der Waals surface area (Å²) in [6, 6.07) is 8.04. The molecule has 2 N–H and O–H groups in total. The first-order valence-electron chi connectivity index (χ1n) is 9.92. The van der Waals surface area contributed by atoms with Crippen molar-refractivity contribution < 1.29 is 22.4 Å². The molecule has 0 radical (unpaired) electrons. The number of ether oxygens (including phenoxy) is 1. The first-order valence-corrected chi connectivity index (χ1v) is 11.4. The molecule has 1 aliphatic carbocycles. The van der Waals surface area contributed by atoms with Gasteiger partial charge in [-0.05, 0) is 56.5 Å². The second-order valence-electron chi connectivity index (χ2n) is 7.46. The molecule has 3 rings (SSSR count). The third-order valence-corrected chi connectivity index (χ3v) is 6.72. The molecule has 7 nitrogen and oxygen atoms in total. The van der Waals surface area contributed by atoms with Crippen LogP contribution in [0, 0.1) is 0 Å². The normalized spacial score (nSPS) is 15.9. The number of carbonyl (C=O) groups excluding carboxylic acids is 1. The molecule has 1 fully saturated rings. The number of hydrogen-bond acceptors (Lipinski definition) is 5. The van der Waals surface area contributed by atoms with Crippen molar-refractivity contribution in [3.63, 3.8) is 0 Å². The summed E-state index contributed by atoms with van der Waals surface area (Å²) in [5.74, 6) is 0.761. The Morgan fingerprint density at radius 3 is 2.69 bits per heavy atom. The lowest BCUT2D eigenvalue weighted by Crippen LogP contribution is -2.34. The number of rotatable bonds is 9. The van der Waals surface area contributed by atoms with Crippen molar-refractivity contribution in [2.75, 3.05) is 7.11 Å². The monoisotopic (exact) mass is 420 g/mol. The number of furan rings is 1. The number of methoxy groups -OCH3 is 1. The summed E-state index contributed by atoms with van der Waals surface area (Å²) in [7, 11) is -2.36. The Balaban J connectivity index is 1.70. The van der Waals surface area contributed by atoms with Gasteiger partial charge in [0.1, 0.15) is 16.4 Å². The van der Waals surface area contributed by atoms with E-state index in [1.165, 1.54) is 19.2 Å². The highest BCUT2D eigenvalue weighted by molar-refractivity contribution is 7.89. The van der Waals surface area contributed by atoms with E-state index in [2.05, 4.69) is 10.0 Å². The molecule has 2 aromatic rings. The van der Waals surface area contributed by atoms with E-state index in [0.717, 1.165) is 31.4 Å². The minimum Gasteiger partial charge on any atom is -0.495 e. The van der Waals surface area contributed by atoms with E-state index in [-0.39, 0.29) is 34.2 Å². The second-order valence-corrected chi connectivity index (χ2v) is 9.14. The van der Waals surface area contributed by atoms with E-state index < -0.39 is 10.0 Å². The predicted octanol–water partition coefficient (Wildman–Crippen LogP) is 3.26. The molecule has 0 spiro atoms. The number of aryl methyl sites for hydroxylation is 1. The number of nitrogens with one attached hydrogen (secondary N) is 2. The first-order chi connectivity index (χ1) is 13.9. The zero-order chi connectivity index (χ0) is 20.9. The van der Waals surface area contributed by atoms with Crippen molar-refractivity contribution in [1.29, 1.82) is 0 Å². The standard InChI is InChI=1S/C21H28N2O5S/c1-15(9-11-18-8-5-13-28-18)22-21(24)16-10-12-19(27-2)20(14-16)29(25,26)23-17-6-3-4-7-17/h5,8,10,12-15,17,23H,3-4,6-7,9,11H2,1-2H3,(H,22,24)/t15-/m1/s1. The summed E-state index contributed by atoms with van der Waals surface area (Å²) >= 11 is 0. The van der Waals surface area contributed by atoms with E-state index in [1.807, 2.05) is 19.1 Å². The summed E-state index contributed by atoms with van der Waals surface area (Å²) in [5, 5.41) is 2.91. The van der Waals surface area contributed by atoms with Gasteiger partial charge in [-0.1, -0.05) is 12.8 Å². The van der Waals surface area contributed by atoms with Crippen molar-refractivity contribution in [2.45, 2.75) is 62.4 Å². The van der Waals surface area contributed by atoms with Crippen LogP contribution in [0.25, 0.3) is 0 Å². The van der Waals surface area contributed by atoms with Crippen molar-refractivity contribution >= 4 is 15.9 Å². The van der Waals surface area contributed by atoms with E-state index in [9.17, 15) is 13.2 Å². The lowest BCUT2D eigenvalue weighted by atomic mass is 10.1. The van der Waals surface area contributed by atoms with Crippen LogP contribution in [0.4, 0.5) is 0 Å². The van der Waals surface area contributed by atoms with Gasteiger partial charge < -0.3 is 14.5 Å². The second kappa shape index (κ2) is 9.45. The Hall–Kier alpha value is -2.32. The summed E-state index contributed by atoms with van der Waals surface area (Å²) < 4.78 is 39.0. The number of amides is 1. The lowest BCUT2D eigenvalue weighted by Gasteiger charge is -2.17. The topological polar surface area (TPSA) is 97.6 Å². The summed E-state index contributed by atoms with van der Waals surface area (Å²) in [6.07, 6.45) is 6.73. The third kappa shape index (κ3) is 5.61. The van der Waals surface area contributed by atoms with Gasteiger partial charge in [-0.15, -0.1) is 0 Å². The van der Waals surface area contributed by atoms with Gasteiger partial charge in [0.2, 0.25) is 10.0 Å². The number of sulfonamides is 1. The van der Waals surface area contributed by atoms with Gasteiger partial charge in [0, 0.05) is 24.1 Å². The maximum Gasteiger partial charge on any atom is 0.251 e. The summed E-state index contributed by atoms with van der Waals surface area (Å²) in [6.45, 7) is 1.91. The Labute approximate surface area is 171 Å². The number of hydrogen-bond donors (Lipinski definition) is 2. The molecular formula is C21H28N2O5S. The Kier molecular flexibility index (Phi) is 6.97. The maximum atomic E-state index is 12.9. The van der Waals surface area contributed by atoms with Crippen LogP contribution in [-0.2, 0) is 16.4 Å². The molecule has 0 bridgehead atoms. The van der Waals surface area contributed by atoms with Crippen molar-refractivity contribution in [3.05, 3.63) is 47.9 Å². The Morgan fingerprint density at radius 2 is 2.03 bits per heavy atom. The fourth-order valence-electron chi connectivity index (χ4n) is 3.55. The zero-order valence-corrected chi connectivity index (χ0v) is 17.6. The molecule has 1 aromatic carbocycles. The number of benzene rings is 1. The fraction of sp³-hybridized carbons (Fsp3) is 0.476. The van der Waals surface area contributed by atoms with Crippen molar-refractivity contribution in [1.82, 2.24) is 10.0 Å². The van der Waals surface area contributed by atoms with E-state index in [0.29, 0.717) is 12.8 Å². The highest BCUT2D eigenvalue weighted by Gasteiger charge is 2.26. The fourth-order valence-corrected chi connectivity index (χ4v) is 5.05. The van der Waals surface area contributed by atoms with Gasteiger partial charge in [-0.25, -0.2) is 13.1 Å². The molecule has 0 unspecified atom stereocenters. The maximum absolute atomic E-state index is 12.9. The predicted molar refractivity (Wildman–Crippen MR) is 110 cm³/mol. The minimum absolute atomic E-state index is 0.0113. The molecule has 1 aromatic heterocycles. The molecule has 1 atom stereocenters. The molecule has 8 heteroatoms. The van der Waals surface area contributed by atoms with Crippen LogP contribution in [0.2, 0.25) is 0 Å². The van der Waals surface area contributed by atoms with Gasteiger partial charge in [0.05, 0.1) is 13.4 Å². The molecule has 1 saturated carbocycles. The van der Waals surface area contributed by atoms with Crippen LogP contribution in [0.3, 0.4) is 0 Å². The largest absolute Gasteiger partial charge is 0.495 e. The number of carbonyl (C=O) groups is 1. The molecular weight excluding hydrogens is 392 g/mol. The van der Waals surface area contributed by atoms with Crippen LogP contribution in [0.1, 0.15) is 55.1 Å². The van der Waals surface area contributed by atoms with Crippen LogP contribution in [0.15, 0.2) is 45.9 Å². The lowest BCUT2D eigenvalue weighted by molar-refractivity contribution is 0.0938. The van der Waals surface area contributed by atoms with Gasteiger partial charge in [-0.2, -0.15) is 0 Å². The molecule has 0 aliphatic heterocycles. The quantitative estimate of drug-likeness (QED) is 0.649. The van der Waals surface area contributed by atoms with Gasteiger partial charge >= 0.3 is 0 Å². The molecule has 158 valence electrons. The van der Waals surface area contributed by atoms with Crippen molar-refractivity contribution in [2.24, 2.45) is 0 Å². The molecule has 0 saturated heterocycles. The average Bonchev–Trinajstić information content (AvgIpc) is 3.39. The van der Waals surface area contributed by atoms with Gasteiger partial charge in [-0.3, -0.25) is 4.79 Å². The Bertz CT molecular complexity index is 919. The van der Waals surface area contributed by atoms with Crippen LogP contribution >= 0.6 is 0 Å². The third-order valence-electron chi connectivity index (χ3n) is 5.17. The minimum atomic E-state index is -3.78. The highest BCUT2D eigenvalue weighted by Crippen LogP contribution is 2.27. The highest BCUT2D eigenvalue weighted by atomic mass is 32.2. The van der Waals surface area contributed by atoms with E-state index >= 15 is 0 Å². The SMILES string of the molecule is COc1ccc(C(=O)N[C@H](C)CCc2ccco2)cc1S(=O)(=O)NC1CCCC1.